The molecule has 1 N–H and O–H groups in total. The van der Waals surface area contributed by atoms with Crippen molar-refractivity contribution in [3.63, 3.8) is 0 Å². The number of rotatable bonds is 4. The highest BCUT2D eigenvalue weighted by Crippen LogP contribution is 2.20. The normalized spacial score (nSPS) is 9.60. The topological polar surface area (TPSA) is 38.3 Å². The molecule has 0 radical (unpaired) electrons. The van der Waals surface area contributed by atoms with Crippen LogP contribution in [0.4, 0.5) is 0 Å². The number of carbonyl (C=O) groups excluding carboxylic acids is 1. The molecule has 3 aromatic carbocycles. The largest absolute Gasteiger partial charge is 0.457 e. The van der Waals surface area contributed by atoms with Gasteiger partial charge in [-0.1, -0.05) is 48.2 Å². The molecule has 122 valence electrons. The third kappa shape index (κ3) is 4.98. The Hall–Kier alpha value is -3.51. The Labute approximate surface area is 147 Å². The lowest BCUT2D eigenvalue weighted by molar-refractivity contribution is 0.0958. The summed E-state index contributed by atoms with van der Waals surface area (Å²) in [5.41, 5.74) is 1.50. The van der Waals surface area contributed by atoms with Crippen LogP contribution in [0.1, 0.15) is 15.9 Å². The number of ether oxygens (including phenoxy) is 1. The number of amides is 1. The molecule has 0 saturated carbocycles. The molecule has 3 nitrogen and oxygen atoms in total. The lowest BCUT2D eigenvalue weighted by Crippen LogP contribution is -2.23. The first-order chi connectivity index (χ1) is 12.3. The number of hydrogen-bond donors (Lipinski definition) is 1. The van der Waals surface area contributed by atoms with Crippen molar-refractivity contribution in [2.75, 3.05) is 6.54 Å². The minimum absolute atomic E-state index is 0.159. The zero-order chi connectivity index (χ0) is 17.3. The molecule has 0 bridgehead atoms. The zero-order valence-corrected chi connectivity index (χ0v) is 13.6. The van der Waals surface area contributed by atoms with Crippen molar-refractivity contribution in [3.8, 4) is 23.3 Å². The average molecular weight is 327 g/mol. The third-order valence-corrected chi connectivity index (χ3v) is 3.44. The van der Waals surface area contributed by atoms with E-state index in [0.717, 1.165) is 11.3 Å². The summed E-state index contributed by atoms with van der Waals surface area (Å²) in [6, 6.07) is 26.2. The second-order valence-corrected chi connectivity index (χ2v) is 5.29. The van der Waals surface area contributed by atoms with Crippen LogP contribution in [0.2, 0.25) is 0 Å². The molecule has 0 heterocycles. The fourth-order valence-electron chi connectivity index (χ4n) is 2.19. The van der Waals surface area contributed by atoms with Gasteiger partial charge in [0, 0.05) is 11.1 Å². The summed E-state index contributed by atoms with van der Waals surface area (Å²) in [6.07, 6.45) is 0. The Kier molecular flexibility index (Phi) is 5.48. The van der Waals surface area contributed by atoms with Gasteiger partial charge < -0.3 is 10.1 Å². The van der Waals surface area contributed by atoms with Crippen LogP contribution in [0.25, 0.3) is 0 Å². The van der Waals surface area contributed by atoms with Gasteiger partial charge in [0.15, 0.2) is 0 Å². The Morgan fingerprint density at radius 1 is 0.800 bits per heavy atom. The van der Waals surface area contributed by atoms with E-state index in [1.807, 2.05) is 60.7 Å². The summed E-state index contributed by atoms with van der Waals surface area (Å²) in [6.45, 7) is 0.302. The maximum absolute atomic E-state index is 12.1. The molecule has 0 aliphatic carbocycles. The van der Waals surface area contributed by atoms with Gasteiger partial charge in [-0.05, 0) is 48.5 Å². The van der Waals surface area contributed by atoms with Gasteiger partial charge in [-0.25, -0.2) is 0 Å². The molecule has 3 rings (SSSR count). The molecular formula is C22H17NO2. The van der Waals surface area contributed by atoms with Crippen molar-refractivity contribution in [1.29, 1.82) is 0 Å². The lowest BCUT2D eigenvalue weighted by atomic mass is 10.2. The van der Waals surface area contributed by atoms with E-state index in [0.29, 0.717) is 17.9 Å². The van der Waals surface area contributed by atoms with Gasteiger partial charge in [-0.2, -0.15) is 0 Å². The minimum atomic E-state index is -0.159. The average Bonchev–Trinajstić information content (AvgIpc) is 2.67. The summed E-state index contributed by atoms with van der Waals surface area (Å²) in [7, 11) is 0. The fraction of sp³-hybridized carbons (Fsp3) is 0.0455. The molecule has 0 atom stereocenters. The molecule has 3 heteroatoms. The van der Waals surface area contributed by atoms with Crippen molar-refractivity contribution in [3.05, 3.63) is 96.1 Å². The Morgan fingerprint density at radius 2 is 1.40 bits per heavy atom. The van der Waals surface area contributed by atoms with Crippen LogP contribution in [0.5, 0.6) is 11.5 Å². The second-order valence-electron chi connectivity index (χ2n) is 5.29. The summed E-state index contributed by atoms with van der Waals surface area (Å²) < 4.78 is 5.71. The van der Waals surface area contributed by atoms with E-state index in [4.69, 9.17) is 4.74 Å². The molecule has 3 aromatic rings. The molecule has 0 aromatic heterocycles. The Bertz CT molecular complexity index is 876. The predicted molar refractivity (Wildman–Crippen MR) is 98.6 cm³/mol. The van der Waals surface area contributed by atoms with Crippen molar-refractivity contribution in [2.24, 2.45) is 0 Å². The zero-order valence-electron chi connectivity index (χ0n) is 13.6. The number of nitrogens with one attached hydrogen (secondary N) is 1. The molecule has 0 unspecified atom stereocenters. The van der Waals surface area contributed by atoms with Gasteiger partial charge in [0.1, 0.15) is 11.5 Å². The maximum Gasteiger partial charge on any atom is 0.252 e. The standard InChI is InChI=1S/C22H17NO2/c24-22(23-17-7-10-18-8-3-1-4-9-18)19-13-15-21(16-14-19)25-20-11-5-2-6-12-20/h1-6,8-9,11-16H,17H2,(H,23,24). The van der Waals surface area contributed by atoms with Gasteiger partial charge in [0.2, 0.25) is 0 Å². The molecule has 0 aliphatic heterocycles. The van der Waals surface area contributed by atoms with Gasteiger partial charge >= 0.3 is 0 Å². The smallest absolute Gasteiger partial charge is 0.252 e. The third-order valence-electron chi connectivity index (χ3n) is 3.44. The van der Waals surface area contributed by atoms with E-state index in [1.165, 1.54) is 0 Å². The highest BCUT2D eigenvalue weighted by molar-refractivity contribution is 5.94. The van der Waals surface area contributed by atoms with Crippen LogP contribution < -0.4 is 10.1 Å². The van der Waals surface area contributed by atoms with Crippen LogP contribution in [0.15, 0.2) is 84.9 Å². The van der Waals surface area contributed by atoms with Crippen LogP contribution >= 0.6 is 0 Å². The van der Waals surface area contributed by atoms with Crippen LogP contribution in [0.3, 0.4) is 0 Å². The van der Waals surface area contributed by atoms with Crippen molar-refractivity contribution >= 4 is 5.91 Å². The van der Waals surface area contributed by atoms with Crippen LogP contribution in [-0.4, -0.2) is 12.5 Å². The molecule has 1 amide bonds. The second kappa shape index (κ2) is 8.37. The highest BCUT2D eigenvalue weighted by atomic mass is 16.5. The van der Waals surface area contributed by atoms with E-state index in [-0.39, 0.29) is 5.91 Å². The van der Waals surface area contributed by atoms with Crippen molar-refractivity contribution in [1.82, 2.24) is 5.32 Å². The van der Waals surface area contributed by atoms with Gasteiger partial charge in [-0.15, -0.1) is 0 Å². The first-order valence-electron chi connectivity index (χ1n) is 7.96. The van der Waals surface area contributed by atoms with Gasteiger partial charge in [-0.3, -0.25) is 4.79 Å². The summed E-state index contributed by atoms with van der Waals surface area (Å²) in [5.74, 6) is 7.23. The van der Waals surface area contributed by atoms with E-state index in [2.05, 4.69) is 17.2 Å². The maximum atomic E-state index is 12.1. The Balaban J connectivity index is 1.53. The monoisotopic (exact) mass is 327 g/mol. The highest BCUT2D eigenvalue weighted by Gasteiger charge is 2.04. The molecular weight excluding hydrogens is 310 g/mol. The first kappa shape index (κ1) is 16.4. The summed E-state index contributed by atoms with van der Waals surface area (Å²) >= 11 is 0. The summed E-state index contributed by atoms with van der Waals surface area (Å²) in [4.78, 5) is 12.1. The van der Waals surface area contributed by atoms with E-state index >= 15 is 0 Å². The number of para-hydroxylation sites is 1. The fourth-order valence-corrected chi connectivity index (χ4v) is 2.19. The first-order valence-corrected chi connectivity index (χ1v) is 7.96. The quantitative estimate of drug-likeness (QED) is 0.727. The number of benzene rings is 3. The van der Waals surface area contributed by atoms with E-state index in [9.17, 15) is 4.79 Å². The molecule has 0 fully saturated rings. The molecule has 0 spiro atoms. The molecule has 0 saturated heterocycles. The van der Waals surface area contributed by atoms with Crippen molar-refractivity contribution in [2.45, 2.75) is 0 Å². The minimum Gasteiger partial charge on any atom is -0.457 e. The van der Waals surface area contributed by atoms with Gasteiger partial charge in [0.05, 0.1) is 6.54 Å². The molecule has 25 heavy (non-hydrogen) atoms. The summed E-state index contributed by atoms with van der Waals surface area (Å²) in [5, 5.41) is 2.78. The van der Waals surface area contributed by atoms with Crippen molar-refractivity contribution < 1.29 is 9.53 Å². The Morgan fingerprint density at radius 3 is 2.08 bits per heavy atom. The number of carbonyl (C=O) groups is 1. The lowest BCUT2D eigenvalue weighted by Gasteiger charge is -2.06. The predicted octanol–water partition coefficient (Wildman–Crippen LogP) is 4.26. The number of hydrogen-bond acceptors (Lipinski definition) is 2. The van der Waals surface area contributed by atoms with E-state index < -0.39 is 0 Å². The van der Waals surface area contributed by atoms with Crippen LogP contribution in [0, 0.1) is 11.8 Å². The van der Waals surface area contributed by atoms with E-state index in [1.54, 1.807) is 24.3 Å². The molecule has 0 aliphatic rings. The van der Waals surface area contributed by atoms with Crippen LogP contribution in [-0.2, 0) is 0 Å². The van der Waals surface area contributed by atoms with Gasteiger partial charge in [0.25, 0.3) is 5.91 Å². The SMILES string of the molecule is O=C(NCC#Cc1ccccc1)c1ccc(Oc2ccccc2)cc1.